The van der Waals surface area contributed by atoms with Crippen molar-refractivity contribution in [2.24, 2.45) is 7.05 Å². The predicted octanol–water partition coefficient (Wildman–Crippen LogP) is 2.21. The molecular weight excluding hydrogens is 252 g/mol. The van der Waals surface area contributed by atoms with Crippen LogP contribution in [-0.4, -0.2) is 30.5 Å². The van der Waals surface area contributed by atoms with Gasteiger partial charge in [-0.25, -0.2) is 4.98 Å². The molecule has 1 N–H and O–H groups in total. The Kier molecular flexibility index (Phi) is 3.28. The molecule has 5 heteroatoms. The Morgan fingerprint density at radius 2 is 2.05 bits per heavy atom. The van der Waals surface area contributed by atoms with Crippen molar-refractivity contribution < 1.29 is 5.11 Å². The second kappa shape index (κ2) is 5.09. The maximum atomic E-state index is 9.99. The van der Waals surface area contributed by atoms with Crippen molar-refractivity contribution in [1.29, 1.82) is 0 Å². The smallest absolute Gasteiger partial charge is 0.161 e. The highest BCUT2D eigenvalue weighted by Gasteiger charge is 2.16. The number of aliphatic hydroxyl groups excluding tert-OH is 1. The molecule has 0 aliphatic heterocycles. The highest BCUT2D eigenvalue weighted by Crippen LogP contribution is 2.24. The predicted molar refractivity (Wildman–Crippen MR) is 78.2 cm³/mol. The zero-order valence-electron chi connectivity index (χ0n) is 11.7. The summed E-state index contributed by atoms with van der Waals surface area (Å²) in [7, 11) is 1.89. The number of fused-ring (bicyclic) bond motifs is 1. The average Bonchev–Trinajstić information content (AvgIpc) is 3.03. The van der Waals surface area contributed by atoms with Gasteiger partial charge in [-0.15, -0.1) is 0 Å². The van der Waals surface area contributed by atoms with E-state index in [1.54, 1.807) is 4.68 Å². The van der Waals surface area contributed by atoms with Crippen LogP contribution in [0.2, 0.25) is 0 Å². The summed E-state index contributed by atoms with van der Waals surface area (Å²) in [6.45, 7) is 2.51. The number of benzene rings is 1. The van der Waals surface area contributed by atoms with Gasteiger partial charge in [0.2, 0.25) is 0 Å². The number of aryl methyl sites for hydroxylation is 1. The third-order valence-electron chi connectivity index (χ3n) is 3.46. The van der Waals surface area contributed by atoms with Crippen LogP contribution in [-0.2, 0) is 13.6 Å². The van der Waals surface area contributed by atoms with E-state index in [0.717, 1.165) is 22.6 Å². The summed E-state index contributed by atoms with van der Waals surface area (Å²) < 4.78 is 3.81. The molecule has 0 fully saturated rings. The lowest BCUT2D eigenvalue weighted by molar-refractivity contribution is 0.152. The average molecular weight is 270 g/mol. The fourth-order valence-electron chi connectivity index (χ4n) is 2.33. The summed E-state index contributed by atoms with van der Waals surface area (Å²) in [5.74, 6) is 0.805. The van der Waals surface area contributed by atoms with Gasteiger partial charge in [-0.05, 0) is 24.6 Å². The summed E-state index contributed by atoms with van der Waals surface area (Å²) in [5.41, 5.74) is 2.78. The first-order chi connectivity index (χ1) is 9.69. The normalized spacial score (nSPS) is 12.9. The van der Waals surface area contributed by atoms with Crippen molar-refractivity contribution in [2.45, 2.75) is 26.0 Å². The van der Waals surface area contributed by atoms with E-state index in [0.29, 0.717) is 13.0 Å². The molecule has 1 atom stereocenters. The molecule has 2 heterocycles. The number of rotatable bonds is 4. The van der Waals surface area contributed by atoms with Crippen LogP contribution in [0, 0.1) is 0 Å². The molecule has 0 aliphatic carbocycles. The largest absolute Gasteiger partial charge is 0.391 e. The van der Waals surface area contributed by atoms with Crippen molar-refractivity contribution in [1.82, 2.24) is 19.3 Å². The van der Waals surface area contributed by atoms with Crippen LogP contribution in [0.15, 0.2) is 36.5 Å². The Hall–Kier alpha value is -2.14. The Bertz CT molecular complexity index is 728. The fourth-order valence-corrected chi connectivity index (χ4v) is 2.33. The number of hydrogen-bond acceptors (Lipinski definition) is 3. The van der Waals surface area contributed by atoms with E-state index >= 15 is 0 Å². The maximum absolute atomic E-state index is 9.99. The van der Waals surface area contributed by atoms with Gasteiger partial charge in [-0.3, -0.25) is 4.68 Å². The first-order valence-corrected chi connectivity index (χ1v) is 6.82. The number of aliphatic hydroxyl groups is 1. The lowest BCUT2D eigenvalue weighted by Crippen LogP contribution is -2.15. The van der Waals surface area contributed by atoms with Gasteiger partial charge in [0.25, 0.3) is 0 Å². The molecule has 0 bridgehead atoms. The summed E-state index contributed by atoms with van der Waals surface area (Å²) in [5, 5.41) is 14.4. The quantitative estimate of drug-likeness (QED) is 0.790. The number of imidazole rings is 1. The second-order valence-electron chi connectivity index (χ2n) is 4.97. The van der Waals surface area contributed by atoms with Crippen LogP contribution >= 0.6 is 0 Å². The Morgan fingerprint density at radius 1 is 1.25 bits per heavy atom. The van der Waals surface area contributed by atoms with Gasteiger partial charge in [-0.1, -0.05) is 19.1 Å². The lowest BCUT2D eigenvalue weighted by atomic mass is 10.2. The summed E-state index contributed by atoms with van der Waals surface area (Å²) >= 11 is 0. The van der Waals surface area contributed by atoms with E-state index in [2.05, 4.69) is 10.1 Å². The van der Waals surface area contributed by atoms with Gasteiger partial charge >= 0.3 is 0 Å². The van der Waals surface area contributed by atoms with Crippen LogP contribution in [0.25, 0.3) is 22.6 Å². The van der Waals surface area contributed by atoms with E-state index in [4.69, 9.17) is 0 Å². The molecular formula is C15H18N4O. The van der Waals surface area contributed by atoms with E-state index in [1.165, 1.54) is 0 Å². The first kappa shape index (κ1) is 12.9. The van der Waals surface area contributed by atoms with Crippen LogP contribution in [0.1, 0.15) is 13.3 Å². The Balaban J connectivity index is 2.17. The molecule has 2 aromatic heterocycles. The molecule has 1 unspecified atom stereocenters. The number of aromatic nitrogens is 4. The molecule has 104 valence electrons. The van der Waals surface area contributed by atoms with Crippen molar-refractivity contribution in [3.05, 3.63) is 36.5 Å². The molecule has 20 heavy (non-hydrogen) atoms. The Labute approximate surface area is 117 Å². The first-order valence-electron chi connectivity index (χ1n) is 6.82. The van der Waals surface area contributed by atoms with E-state index in [9.17, 15) is 5.11 Å². The minimum Gasteiger partial charge on any atom is -0.391 e. The third kappa shape index (κ3) is 2.20. The minimum atomic E-state index is -0.380. The van der Waals surface area contributed by atoms with Crippen molar-refractivity contribution >= 4 is 11.0 Å². The van der Waals surface area contributed by atoms with Crippen LogP contribution in [0.5, 0.6) is 0 Å². The maximum Gasteiger partial charge on any atom is 0.161 e. The zero-order valence-corrected chi connectivity index (χ0v) is 11.7. The summed E-state index contributed by atoms with van der Waals surface area (Å²) in [6, 6.07) is 9.91. The summed E-state index contributed by atoms with van der Waals surface area (Å²) in [6.07, 6.45) is 2.23. The van der Waals surface area contributed by atoms with Crippen LogP contribution in [0.3, 0.4) is 0 Å². The molecule has 0 spiro atoms. The standard InChI is InChI=1S/C15H18N4O/c1-3-11(20)10-19-14-7-5-4-6-12(14)16-15(19)13-8-9-18(2)17-13/h4-9,11,20H,3,10H2,1-2H3. The van der Waals surface area contributed by atoms with E-state index < -0.39 is 0 Å². The van der Waals surface area contributed by atoms with Crippen LogP contribution in [0.4, 0.5) is 0 Å². The molecule has 0 aliphatic rings. The fraction of sp³-hybridized carbons (Fsp3) is 0.333. The third-order valence-corrected chi connectivity index (χ3v) is 3.46. The summed E-state index contributed by atoms with van der Waals surface area (Å²) in [4.78, 5) is 4.66. The van der Waals surface area contributed by atoms with Gasteiger partial charge in [0, 0.05) is 13.2 Å². The monoisotopic (exact) mass is 270 g/mol. The molecule has 3 rings (SSSR count). The van der Waals surface area contributed by atoms with Gasteiger partial charge in [-0.2, -0.15) is 5.10 Å². The number of nitrogens with zero attached hydrogens (tertiary/aromatic N) is 4. The van der Waals surface area contributed by atoms with Gasteiger partial charge in [0.15, 0.2) is 5.82 Å². The number of para-hydroxylation sites is 2. The van der Waals surface area contributed by atoms with E-state index in [-0.39, 0.29) is 6.10 Å². The topological polar surface area (TPSA) is 55.9 Å². The zero-order chi connectivity index (χ0) is 14.1. The lowest BCUT2D eigenvalue weighted by Gasteiger charge is -2.12. The Morgan fingerprint density at radius 3 is 2.75 bits per heavy atom. The van der Waals surface area contributed by atoms with Crippen molar-refractivity contribution in [3.8, 4) is 11.5 Å². The van der Waals surface area contributed by atoms with Crippen molar-refractivity contribution in [3.63, 3.8) is 0 Å². The molecule has 1 aromatic carbocycles. The molecule has 0 amide bonds. The number of hydrogen-bond donors (Lipinski definition) is 1. The van der Waals surface area contributed by atoms with Gasteiger partial charge in [0.1, 0.15) is 5.69 Å². The molecule has 5 nitrogen and oxygen atoms in total. The SMILES string of the molecule is CCC(O)Cn1c(-c2ccn(C)n2)nc2ccccc21. The second-order valence-corrected chi connectivity index (χ2v) is 4.97. The highest BCUT2D eigenvalue weighted by molar-refractivity contribution is 5.79. The highest BCUT2D eigenvalue weighted by atomic mass is 16.3. The molecule has 3 aromatic rings. The van der Waals surface area contributed by atoms with Gasteiger partial charge in [0.05, 0.1) is 23.7 Å². The van der Waals surface area contributed by atoms with Crippen molar-refractivity contribution in [2.75, 3.05) is 0 Å². The molecule has 0 saturated heterocycles. The van der Waals surface area contributed by atoms with E-state index in [1.807, 2.05) is 55.1 Å². The molecule has 0 radical (unpaired) electrons. The van der Waals surface area contributed by atoms with Crippen LogP contribution < -0.4 is 0 Å². The minimum absolute atomic E-state index is 0.380. The molecule has 0 saturated carbocycles. The van der Waals surface area contributed by atoms with Gasteiger partial charge < -0.3 is 9.67 Å².